The van der Waals surface area contributed by atoms with Gasteiger partial charge in [0.25, 0.3) is 0 Å². The van der Waals surface area contributed by atoms with E-state index in [4.69, 9.17) is 0 Å². The summed E-state index contributed by atoms with van der Waals surface area (Å²) in [5, 5.41) is 10.3. The van der Waals surface area contributed by atoms with Crippen molar-refractivity contribution in [3.63, 3.8) is 0 Å². The number of aliphatic hydroxyl groups excluding tert-OH is 1. The zero-order valence-corrected chi connectivity index (χ0v) is 31.3. The predicted molar refractivity (Wildman–Crippen MR) is 197 cm³/mol. The lowest BCUT2D eigenvalue weighted by Gasteiger charge is -2.32. The van der Waals surface area contributed by atoms with Gasteiger partial charge in [-0.2, -0.15) is 0 Å². The highest BCUT2D eigenvalue weighted by Crippen LogP contribution is 2.27. The highest BCUT2D eigenvalue weighted by atomic mass is 16.3. The molecule has 0 saturated heterocycles. The van der Waals surface area contributed by atoms with E-state index in [0.29, 0.717) is 19.4 Å². The number of nitrogens with zero attached hydrogens (tertiary/aromatic N) is 1. The maximum Gasteiger partial charge on any atom is 0.150 e. The Bertz CT molecular complexity index is 601. The SMILES string of the molecule is CCCCCCCCCCCCCCCCCC(=O)C(CO)(CN(C)C)C(=O)CCCCCCCCCCCCCCCCC. The molecule has 4 heteroatoms. The second-order valence-corrected chi connectivity index (χ2v) is 14.7. The third-order valence-electron chi connectivity index (χ3n) is 9.94. The standard InChI is InChI=1S/C41H81NO3/c1-5-7-9-11-13-15-17-19-21-23-25-27-29-31-33-35-39(44)41(38-43,37-42(3)4)40(45)36-34-32-30-28-26-24-22-20-18-16-14-12-10-8-6-2/h43H,5-38H2,1-4H3. The molecule has 0 aromatic rings. The molecule has 0 rings (SSSR count). The van der Waals surface area contributed by atoms with Crippen molar-refractivity contribution in [2.45, 2.75) is 219 Å². The molecule has 0 atom stereocenters. The van der Waals surface area contributed by atoms with Crippen molar-refractivity contribution in [1.82, 2.24) is 4.90 Å². The van der Waals surface area contributed by atoms with Gasteiger partial charge in [-0.1, -0.05) is 194 Å². The van der Waals surface area contributed by atoms with Crippen LogP contribution in [0.5, 0.6) is 0 Å². The van der Waals surface area contributed by atoms with Crippen LogP contribution >= 0.6 is 0 Å². The Kier molecular flexibility index (Phi) is 32.6. The largest absolute Gasteiger partial charge is 0.395 e. The number of hydrogen-bond donors (Lipinski definition) is 1. The number of carbonyl (C=O) groups is 2. The monoisotopic (exact) mass is 636 g/mol. The molecule has 0 radical (unpaired) electrons. The number of hydrogen-bond acceptors (Lipinski definition) is 4. The summed E-state index contributed by atoms with van der Waals surface area (Å²) < 4.78 is 0. The van der Waals surface area contributed by atoms with Gasteiger partial charge >= 0.3 is 0 Å². The number of carbonyl (C=O) groups excluding carboxylic acids is 2. The number of ketones is 2. The molecular formula is C41H81NO3. The van der Waals surface area contributed by atoms with Crippen LogP contribution in [0.3, 0.4) is 0 Å². The Morgan fingerprint density at radius 1 is 0.422 bits per heavy atom. The van der Waals surface area contributed by atoms with E-state index in [1.54, 1.807) is 0 Å². The van der Waals surface area contributed by atoms with Crippen LogP contribution < -0.4 is 0 Å². The first-order chi connectivity index (χ1) is 21.9. The van der Waals surface area contributed by atoms with Crippen LogP contribution in [0.15, 0.2) is 0 Å². The average Bonchev–Trinajstić information content (AvgIpc) is 3.03. The molecule has 0 aliphatic heterocycles. The van der Waals surface area contributed by atoms with Crippen LogP contribution in [0.2, 0.25) is 0 Å². The second kappa shape index (κ2) is 33.2. The average molecular weight is 636 g/mol. The fraction of sp³-hybridized carbons (Fsp3) is 0.951. The molecular weight excluding hydrogens is 554 g/mol. The predicted octanol–water partition coefficient (Wildman–Crippen LogP) is 12.2. The molecule has 4 nitrogen and oxygen atoms in total. The molecule has 0 unspecified atom stereocenters. The Morgan fingerprint density at radius 2 is 0.644 bits per heavy atom. The summed E-state index contributed by atoms with van der Waals surface area (Å²) >= 11 is 0. The molecule has 0 amide bonds. The smallest absolute Gasteiger partial charge is 0.150 e. The molecule has 0 aromatic carbocycles. The van der Waals surface area contributed by atoms with Crippen molar-refractivity contribution in [3.05, 3.63) is 0 Å². The van der Waals surface area contributed by atoms with Crippen LogP contribution in [-0.4, -0.2) is 48.8 Å². The van der Waals surface area contributed by atoms with Crippen molar-refractivity contribution < 1.29 is 14.7 Å². The lowest BCUT2D eigenvalue weighted by Crippen LogP contribution is -2.49. The quantitative estimate of drug-likeness (QED) is 0.0545. The van der Waals surface area contributed by atoms with Gasteiger partial charge in [0.1, 0.15) is 17.0 Å². The Balaban J connectivity index is 4.03. The number of Topliss-reactive ketones (excluding diaryl/α,β-unsaturated/α-hetero) is 2. The molecule has 268 valence electrons. The molecule has 0 aliphatic carbocycles. The van der Waals surface area contributed by atoms with Gasteiger partial charge in [-0.15, -0.1) is 0 Å². The summed E-state index contributed by atoms with van der Waals surface area (Å²) in [6, 6.07) is 0. The van der Waals surface area contributed by atoms with Gasteiger partial charge in [-0.05, 0) is 26.9 Å². The first-order valence-corrected chi connectivity index (χ1v) is 20.3. The van der Waals surface area contributed by atoms with Crippen LogP contribution in [0.25, 0.3) is 0 Å². The zero-order chi connectivity index (χ0) is 33.3. The molecule has 0 spiro atoms. The number of aliphatic hydroxyl groups is 1. The van der Waals surface area contributed by atoms with E-state index in [9.17, 15) is 14.7 Å². The van der Waals surface area contributed by atoms with E-state index in [1.165, 1.54) is 154 Å². The second-order valence-electron chi connectivity index (χ2n) is 14.7. The maximum absolute atomic E-state index is 13.4. The Hall–Kier alpha value is -0.740. The molecule has 0 fully saturated rings. The van der Waals surface area contributed by atoms with E-state index in [2.05, 4.69) is 13.8 Å². The van der Waals surface area contributed by atoms with E-state index in [1.807, 2.05) is 19.0 Å². The summed E-state index contributed by atoms with van der Waals surface area (Å²) in [6.45, 7) is 4.51. The highest BCUT2D eigenvalue weighted by Gasteiger charge is 2.43. The minimum Gasteiger partial charge on any atom is -0.395 e. The number of unbranched alkanes of at least 4 members (excludes halogenated alkanes) is 28. The topological polar surface area (TPSA) is 57.6 Å². The summed E-state index contributed by atoms with van der Waals surface area (Å²) in [4.78, 5) is 28.6. The minimum atomic E-state index is -1.24. The first-order valence-electron chi connectivity index (χ1n) is 20.3. The summed E-state index contributed by atoms with van der Waals surface area (Å²) in [5.41, 5.74) is -1.24. The lowest BCUT2D eigenvalue weighted by molar-refractivity contribution is -0.145. The van der Waals surface area contributed by atoms with Crippen LogP contribution in [0.4, 0.5) is 0 Å². The van der Waals surface area contributed by atoms with Crippen LogP contribution in [0.1, 0.15) is 219 Å². The van der Waals surface area contributed by atoms with Gasteiger partial charge in [0.05, 0.1) is 6.61 Å². The van der Waals surface area contributed by atoms with Crippen molar-refractivity contribution in [2.75, 3.05) is 27.2 Å². The summed E-state index contributed by atoms with van der Waals surface area (Å²) in [7, 11) is 3.79. The van der Waals surface area contributed by atoms with E-state index < -0.39 is 5.41 Å². The van der Waals surface area contributed by atoms with Gasteiger partial charge in [0.15, 0.2) is 0 Å². The molecule has 45 heavy (non-hydrogen) atoms. The lowest BCUT2D eigenvalue weighted by atomic mass is 9.75. The normalized spacial score (nSPS) is 12.0. The van der Waals surface area contributed by atoms with Gasteiger partial charge in [0, 0.05) is 19.4 Å². The van der Waals surface area contributed by atoms with Gasteiger partial charge in [-0.25, -0.2) is 0 Å². The van der Waals surface area contributed by atoms with E-state index >= 15 is 0 Å². The first kappa shape index (κ1) is 44.3. The molecule has 0 bridgehead atoms. The van der Waals surface area contributed by atoms with Crippen LogP contribution in [-0.2, 0) is 9.59 Å². The third kappa shape index (κ3) is 26.0. The van der Waals surface area contributed by atoms with Gasteiger partial charge in [0.2, 0.25) is 0 Å². The summed E-state index contributed by atoms with van der Waals surface area (Å²) in [5.74, 6) is -0.0845. The van der Waals surface area contributed by atoms with Crippen molar-refractivity contribution in [2.24, 2.45) is 5.41 Å². The fourth-order valence-corrected chi connectivity index (χ4v) is 6.89. The van der Waals surface area contributed by atoms with Crippen molar-refractivity contribution in [1.29, 1.82) is 0 Å². The Morgan fingerprint density at radius 3 is 0.844 bits per heavy atom. The zero-order valence-electron chi connectivity index (χ0n) is 31.3. The third-order valence-corrected chi connectivity index (χ3v) is 9.94. The molecule has 0 saturated carbocycles. The summed E-state index contributed by atoms with van der Waals surface area (Å²) in [6.07, 6.45) is 39.6. The van der Waals surface area contributed by atoms with Gasteiger partial charge in [-0.3, -0.25) is 9.59 Å². The molecule has 0 aliphatic rings. The molecule has 0 aromatic heterocycles. The highest BCUT2D eigenvalue weighted by molar-refractivity contribution is 6.07. The maximum atomic E-state index is 13.4. The van der Waals surface area contributed by atoms with Crippen molar-refractivity contribution >= 4 is 11.6 Å². The fourth-order valence-electron chi connectivity index (χ4n) is 6.89. The van der Waals surface area contributed by atoms with E-state index in [0.717, 1.165) is 38.5 Å². The van der Waals surface area contributed by atoms with E-state index in [-0.39, 0.29) is 18.2 Å². The molecule has 1 N–H and O–H groups in total. The minimum absolute atomic E-state index is 0.0423. The van der Waals surface area contributed by atoms with Crippen molar-refractivity contribution in [3.8, 4) is 0 Å². The number of rotatable bonds is 37. The van der Waals surface area contributed by atoms with Gasteiger partial charge < -0.3 is 10.0 Å². The van der Waals surface area contributed by atoms with Crippen LogP contribution in [0, 0.1) is 5.41 Å². The Labute approximate surface area is 282 Å². The molecule has 0 heterocycles.